The maximum Gasteiger partial charge on any atom is 0.323 e. The van der Waals surface area contributed by atoms with E-state index in [1.807, 2.05) is 6.07 Å². The standard InChI is InChI=1S/C15H17NO5/c17-14(18)8-16(7-10-5-6-10)15(19)13-9-20-11-3-1-2-4-12(11)21-13/h1-4,10,13H,5-9H2,(H,17,18). The Bertz CT molecular complexity index is 555. The first-order valence-corrected chi connectivity index (χ1v) is 7.02. The van der Waals surface area contributed by atoms with Gasteiger partial charge in [-0.1, -0.05) is 12.1 Å². The lowest BCUT2D eigenvalue weighted by atomic mass is 10.2. The molecule has 1 aliphatic heterocycles. The minimum Gasteiger partial charge on any atom is -0.485 e. The molecule has 1 aromatic rings. The monoisotopic (exact) mass is 291 g/mol. The van der Waals surface area contributed by atoms with Crippen molar-refractivity contribution in [3.8, 4) is 11.5 Å². The highest BCUT2D eigenvalue weighted by Crippen LogP contribution is 2.32. The predicted molar refractivity (Wildman–Crippen MR) is 73.3 cm³/mol. The largest absolute Gasteiger partial charge is 0.485 e. The van der Waals surface area contributed by atoms with Crippen molar-refractivity contribution < 1.29 is 24.2 Å². The molecule has 1 fully saturated rings. The normalized spacial score (nSPS) is 19.9. The van der Waals surface area contributed by atoms with Gasteiger partial charge in [-0.3, -0.25) is 9.59 Å². The van der Waals surface area contributed by atoms with Crippen molar-refractivity contribution in [2.75, 3.05) is 19.7 Å². The smallest absolute Gasteiger partial charge is 0.323 e. The van der Waals surface area contributed by atoms with E-state index in [1.165, 1.54) is 4.90 Å². The van der Waals surface area contributed by atoms with Crippen molar-refractivity contribution >= 4 is 11.9 Å². The van der Waals surface area contributed by atoms with Crippen LogP contribution in [0.5, 0.6) is 11.5 Å². The third-order valence-corrected chi connectivity index (χ3v) is 3.60. The van der Waals surface area contributed by atoms with Crippen LogP contribution >= 0.6 is 0 Å². The van der Waals surface area contributed by atoms with Gasteiger partial charge in [0.15, 0.2) is 11.5 Å². The molecule has 1 heterocycles. The molecule has 0 spiro atoms. The molecule has 0 aromatic heterocycles. The minimum absolute atomic E-state index is 0.108. The Morgan fingerprint density at radius 3 is 2.62 bits per heavy atom. The molecule has 1 atom stereocenters. The van der Waals surface area contributed by atoms with Gasteiger partial charge in [-0.2, -0.15) is 0 Å². The fourth-order valence-corrected chi connectivity index (χ4v) is 2.35. The molecule has 6 heteroatoms. The summed E-state index contributed by atoms with van der Waals surface area (Å²) >= 11 is 0. The Balaban J connectivity index is 1.69. The Labute approximate surface area is 122 Å². The number of ether oxygens (including phenoxy) is 2. The van der Waals surface area contributed by atoms with Crippen LogP contribution in [0.1, 0.15) is 12.8 Å². The summed E-state index contributed by atoms with van der Waals surface area (Å²) in [7, 11) is 0. The molecule has 1 aliphatic carbocycles. The zero-order valence-corrected chi connectivity index (χ0v) is 11.5. The van der Waals surface area contributed by atoms with Crippen molar-refractivity contribution in [2.45, 2.75) is 18.9 Å². The van der Waals surface area contributed by atoms with Crippen molar-refractivity contribution in [1.82, 2.24) is 4.90 Å². The Morgan fingerprint density at radius 1 is 1.24 bits per heavy atom. The number of carboxylic acid groups (broad SMARTS) is 1. The van der Waals surface area contributed by atoms with E-state index in [9.17, 15) is 9.59 Å². The van der Waals surface area contributed by atoms with Crippen LogP contribution < -0.4 is 9.47 Å². The Kier molecular flexibility index (Phi) is 3.68. The second-order valence-electron chi connectivity index (χ2n) is 5.42. The molecule has 112 valence electrons. The van der Waals surface area contributed by atoms with Crippen LogP contribution in [0.4, 0.5) is 0 Å². The van der Waals surface area contributed by atoms with Gasteiger partial charge in [0, 0.05) is 6.54 Å². The van der Waals surface area contributed by atoms with E-state index >= 15 is 0 Å². The van der Waals surface area contributed by atoms with Crippen LogP contribution in [0.15, 0.2) is 24.3 Å². The molecule has 6 nitrogen and oxygen atoms in total. The summed E-state index contributed by atoms with van der Waals surface area (Å²) in [4.78, 5) is 24.8. The summed E-state index contributed by atoms with van der Waals surface area (Å²) in [6, 6.07) is 7.13. The number of nitrogens with zero attached hydrogens (tertiary/aromatic N) is 1. The topological polar surface area (TPSA) is 76.1 Å². The fraction of sp³-hybridized carbons (Fsp3) is 0.467. The van der Waals surface area contributed by atoms with E-state index in [1.54, 1.807) is 18.2 Å². The summed E-state index contributed by atoms with van der Waals surface area (Å²) in [6.07, 6.45) is 1.32. The third-order valence-electron chi connectivity index (χ3n) is 3.60. The fourth-order valence-electron chi connectivity index (χ4n) is 2.35. The Hall–Kier alpha value is -2.24. The zero-order valence-electron chi connectivity index (χ0n) is 11.5. The quantitative estimate of drug-likeness (QED) is 0.880. The number of carbonyl (C=O) groups is 2. The second kappa shape index (κ2) is 5.63. The van der Waals surface area contributed by atoms with Crippen LogP contribution in [0, 0.1) is 5.92 Å². The maximum atomic E-state index is 12.5. The first-order chi connectivity index (χ1) is 10.1. The number of hydrogen-bond donors (Lipinski definition) is 1. The van der Waals surface area contributed by atoms with E-state index < -0.39 is 12.1 Å². The molecule has 3 rings (SSSR count). The van der Waals surface area contributed by atoms with Crippen LogP contribution in [-0.2, 0) is 9.59 Å². The van der Waals surface area contributed by atoms with Gasteiger partial charge in [-0.25, -0.2) is 0 Å². The minimum atomic E-state index is -1.01. The summed E-state index contributed by atoms with van der Waals surface area (Å²) in [5.41, 5.74) is 0. The first kappa shape index (κ1) is 13.7. The molecule has 1 N–H and O–H groups in total. The number of fused-ring (bicyclic) bond motifs is 1. The molecule has 2 aliphatic rings. The summed E-state index contributed by atoms with van der Waals surface area (Å²) in [6.45, 7) is 0.292. The molecule has 1 amide bonds. The predicted octanol–water partition coefficient (Wildman–Crippen LogP) is 1.15. The van der Waals surface area contributed by atoms with E-state index in [0.29, 0.717) is 24.0 Å². The lowest BCUT2D eigenvalue weighted by molar-refractivity contribution is -0.149. The average Bonchev–Trinajstić information content (AvgIpc) is 3.29. The maximum absolute atomic E-state index is 12.5. The molecule has 0 saturated heterocycles. The van der Waals surface area contributed by atoms with Gasteiger partial charge in [0.2, 0.25) is 6.10 Å². The van der Waals surface area contributed by atoms with Gasteiger partial charge in [0.1, 0.15) is 13.2 Å². The molecular formula is C15H17NO5. The molecule has 1 saturated carbocycles. The lowest BCUT2D eigenvalue weighted by Crippen LogP contribution is -2.48. The highest BCUT2D eigenvalue weighted by Gasteiger charge is 2.34. The zero-order chi connectivity index (χ0) is 14.8. The van der Waals surface area contributed by atoms with Crippen molar-refractivity contribution in [2.24, 2.45) is 5.92 Å². The molecule has 1 unspecified atom stereocenters. The van der Waals surface area contributed by atoms with Gasteiger partial charge in [0.05, 0.1) is 0 Å². The second-order valence-corrected chi connectivity index (χ2v) is 5.42. The van der Waals surface area contributed by atoms with E-state index in [0.717, 1.165) is 12.8 Å². The SMILES string of the molecule is O=C(O)CN(CC1CC1)C(=O)C1COc2ccccc2O1. The third kappa shape index (κ3) is 3.26. The summed E-state index contributed by atoms with van der Waals surface area (Å²) in [5.74, 6) is 0.211. The molecular weight excluding hydrogens is 274 g/mol. The van der Waals surface area contributed by atoms with Gasteiger partial charge >= 0.3 is 5.97 Å². The first-order valence-electron chi connectivity index (χ1n) is 7.02. The molecule has 1 aromatic carbocycles. The Morgan fingerprint density at radius 2 is 1.95 bits per heavy atom. The van der Waals surface area contributed by atoms with Crippen LogP contribution in [0.25, 0.3) is 0 Å². The van der Waals surface area contributed by atoms with Crippen LogP contribution in [0.3, 0.4) is 0 Å². The van der Waals surface area contributed by atoms with Gasteiger partial charge in [0.25, 0.3) is 5.91 Å². The van der Waals surface area contributed by atoms with Crippen molar-refractivity contribution in [1.29, 1.82) is 0 Å². The van der Waals surface area contributed by atoms with Gasteiger partial charge in [-0.05, 0) is 30.9 Å². The lowest BCUT2D eigenvalue weighted by Gasteiger charge is -2.30. The van der Waals surface area contributed by atoms with Crippen molar-refractivity contribution in [3.63, 3.8) is 0 Å². The average molecular weight is 291 g/mol. The highest BCUT2D eigenvalue weighted by molar-refractivity contribution is 5.85. The van der Waals surface area contributed by atoms with E-state index in [4.69, 9.17) is 14.6 Å². The number of para-hydroxylation sites is 2. The molecule has 21 heavy (non-hydrogen) atoms. The number of benzene rings is 1. The number of aliphatic carboxylic acids is 1. The van der Waals surface area contributed by atoms with Gasteiger partial charge < -0.3 is 19.5 Å². The number of carboxylic acids is 1. The van der Waals surface area contributed by atoms with Crippen molar-refractivity contribution in [3.05, 3.63) is 24.3 Å². The van der Waals surface area contributed by atoms with Crippen LogP contribution in [-0.4, -0.2) is 47.7 Å². The van der Waals surface area contributed by atoms with E-state index in [2.05, 4.69) is 0 Å². The summed E-state index contributed by atoms with van der Waals surface area (Å²) in [5, 5.41) is 8.96. The molecule has 0 bridgehead atoms. The number of amides is 1. The van der Waals surface area contributed by atoms with Crippen LogP contribution in [0.2, 0.25) is 0 Å². The van der Waals surface area contributed by atoms with Gasteiger partial charge in [-0.15, -0.1) is 0 Å². The number of hydrogen-bond acceptors (Lipinski definition) is 4. The number of rotatable bonds is 5. The highest BCUT2D eigenvalue weighted by atomic mass is 16.6. The number of carbonyl (C=O) groups excluding carboxylic acids is 1. The van der Waals surface area contributed by atoms with E-state index in [-0.39, 0.29) is 19.1 Å². The molecule has 0 radical (unpaired) electrons. The summed E-state index contributed by atoms with van der Waals surface area (Å²) < 4.78 is 11.2.